The standard InChI is InChI=1S/C24H30N4O3/c1-15(2)14-30-22-9-6-16(12-17(22)13-25)24-27-23(28-31-24)20-5-3-4-19-18(20)7-8-21(19)26-10-11-29/h3-6,9,12,15,21,26,29H,7-8,10-11,13-14,25H2,1-2H3. The largest absolute Gasteiger partial charge is 0.493 e. The fourth-order valence-corrected chi connectivity index (χ4v) is 4.03. The van der Waals surface area contributed by atoms with Crippen LogP contribution in [0.1, 0.15) is 43.0 Å². The van der Waals surface area contributed by atoms with E-state index in [4.69, 9.17) is 20.1 Å². The molecule has 7 nitrogen and oxygen atoms in total. The quantitative estimate of drug-likeness (QED) is 0.485. The first-order valence-corrected chi connectivity index (χ1v) is 10.9. The predicted octanol–water partition coefficient (Wildman–Crippen LogP) is 3.47. The summed E-state index contributed by atoms with van der Waals surface area (Å²) in [6.07, 6.45) is 1.94. The van der Waals surface area contributed by atoms with E-state index in [1.165, 1.54) is 11.1 Å². The number of nitrogens with two attached hydrogens (primary N) is 1. The van der Waals surface area contributed by atoms with E-state index >= 15 is 0 Å². The highest BCUT2D eigenvalue weighted by Gasteiger charge is 2.26. The number of aliphatic hydroxyl groups excluding tert-OH is 1. The zero-order valence-corrected chi connectivity index (χ0v) is 18.1. The molecule has 0 saturated heterocycles. The number of fused-ring (bicyclic) bond motifs is 1. The molecule has 1 aliphatic rings. The molecule has 31 heavy (non-hydrogen) atoms. The second-order valence-electron chi connectivity index (χ2n) is 8.30. The predicted molar refractivity (Wildman–Crippen MR) is 120 cm³/mol. The lowest BCUT2D eigenvalue weighted by Crippen LogP contribution is -2.22. The van der Waals surface area contributed by atoms with Gasteiger partial charge >= 0.3 is 0 Å². The Balaban J connectivity index is 1.59. The van der Waals surface area contributed by atoms with Crippen molar-refractivity contribution in [2.45, 2.75) is 39.3 Å². The van der Waals surface area contributed by atoms with Gasteiger partial charge in [-0.3, -0.25) is 0 Å². The first kappa shape index (κ1) is 21.5. The average molecular weight is 423 g/mol. The highest BCUT2D eigenvalue weighted by Crippen LogP contribution is 2.37. The highest BCUT2D eigenvalue weighted by molar-refractivity contribution is 5.66. The molecule has 1 aromatic heterocycles. The molecule has 0 spiro atoms. The van der Waals surface area contributed by atoms with Crippen LogP contribution in [0.15, 0.2) is 40.9 Å². The number of rotatable bonds is 9. The van der Waals surface area contributed by atoms with Gasteiger partial charge in [0.25, 0.3) is 5.89 Å². The van der Waals surface area contributed by atoms with Crippen LogP contribution in [0.5, 0.6) is 5.75 Å². The number of benzene rings is 2. The van der Waals surface area contributed by atoms with E-state index in [1.807, 2.05) is 30.3 Å². The van der Waals surface area contributed by atoms with Crippen molar-refractivity contribution in [1.29, 1.82) is 0 Å². The summed E-state index contributed by atoms with van der Waals surface area (Å²) in [5, 5.41) is 16.8. The van der Waals surface area contributed by atoms with Crippen molar-refractivity contribution in [3.8, 4) is 28.6 Å². The van der Waals surface area contributed by atoms with Gasteiger partial charge in [-0.1, -0.05) is 37.2 Å². The number of ether oxygens (including phenoxy) is 1. The fraction of sp³-hybridized carbons (Fsp3) is 0.417. The van der Waals surface area contributed by atoms with Gasteiger partial charge < -0.3 is 25.4 Å². The molecule has 0 aliphatic heterocycles. The summed E-state index contributed by atoms with van der Waals surface area (Å²) in [5.41, 5.74) is 11.2. The number of nitrogens with zero attached hydrogens (tertiary/aromatic N) is 2. The molecule has 0 amide bonds. The van der Waals surface area contributed by atoms with E-state index in [0.29, 0.717) is 37.3 Å². The summed E-state index contributed by atoms with van der Waals surface area (Å²) >= 11 is 0. The van der Waals surface area contributed by atoms with Crippen LogP contribution in [0.25, 0.3) is 22.8 Å². The Morgan fingerprint density at radius 1 is 1.29 bits per heavy atom. The molecular weight excluding hydrogens is 392 g/mol. The molecule has 7 heteroatoms. The van der Waals surface area contributed by atoms with Crippen molar-refractivity contribution in [2.24, 2.45) is 11.7 Å². The number of hydrogen-bond donors (Lipinski definition) is 3. The average Bonchev–Trinajstić information content (AvgIpc) is 3.43. The minimum atomic E-state index is 0.131. The number of aromatic nitrogens is 2. The van der Waals surface area contributed by atoms with Crippen LogP contribution in [-0.4, -0.2) is 35.0 Å². The summed E-state index contributed by atoms with van der Waals surface area (Å²) in [7, 11) is 0. The number of aliphatic hydroxyl groups is 1. The van der Waals surface area contributed by atoms with Crippen LogP contribution in [0.3, 0.4) is 0 Å². The van der Waals surface area contributed by atoms with Crippen LogP contribution >= 0.6 is 0 Å². The van der Waals surface area contributed by atoms with Crippen LogP contribution in [0.4, 0.5) is 0 Å². The Morgan fingerprint density at radius 3 is 2.94 bits per heavy atom. The van der Waals surface area contributed by atoms with Crippen molar-refractivity contribution < 1.29 is 14.4 Å². The van der Waals surface area contributed by atoms with Gasteiger partial charge in [-0.05, 0) is 48.1 Å². The maximum absolute atomic E-state index is 9.12. The van der Waals surface area contributed by atoms with E-state index in [-0.39, 0.29) is 12.6 Å². The van der Waals surface area contributed by atoms with Gasteiger partial charge in [-0.15, -0.1) is 0 Å². The molecule has 1 unspecified atom stereocenters. The van der Waals surface area contributed by atoms with Gasteiger partial charge in [0.2, 0.25) is 5.82 Å². The van der Waals surface area contributed by atoms with Gasteiger partial charge in [0, 0.05) is 35.8 Å². The summed E-state index contributed by atoms with van der Waals surface area (Å²) < 4.78 is 11.5. The van der Waals surface area contributed by atoms with Crippen LogP contribution in [0, 0.1) is 5.92 Å². The first-order valence-electron chi connectivity index (χ1n) is 10.9. The minimum absolute atomic E-state index is 0.131. The fourth-order valence-electron chi connectivity index (χ4n) is 4.03. The molecule has 0 fully saturated rings. The van der Waals surface area contributed by atoms with Crippen LogP contribution < -0.4 is 15.8 Å². The van der Waals surface area contributed by atoms with Crippen LogP contribution in [-0.2, 0) is 13.0 Å². The Bertz CT molecular complexity index is 1030. The van der Waals surface area contributed by atoms with Crippen molar-refractivity contribution in [1.82, 2.24) is 15.5 Å². The Kier molecular flexibility index (Phi) is 6.65. The Hall–Kier alpha value is -2.74. The molecule has 2 aromatic carbocycles. The third kappa shape index (κ3) is 4.63. The monoisotopic (exact) mass is 422 g/mol. The lowest BCUT2D eigenvalue weighted by molar-refractivity contribution is 0.268. The lowest BCUT2D eigenvalue weighted by Gasteiger charge is -2.13. The molecule has 4 rings (SSSR count). The van der Waals surface area contributed by atoms with Crippen molar-refractivity contribution in [3.63, 3.8) is 0 Å². The Labute approximate surface area is 182 Å². The van der Waals surface area contributed by atoms with Gasteiger partial charge in [0.15, 0.2) is 0 Å². The number of hydrogen-bond acceptors (Lipinski definition) is 7. The summed E-state index contributed by atoms with van der Waals surface area (Å²) in [6.45, 7) is 5.96. The topological polar surface area (TPSA) is 106 Å². The molecule has 0 radical (unpaired) electrons. The van der Waals surface area contributed by atoms with Crippen molar-refractivity contribution in [3.05, 3.63) is 53.1 Å². The first-order chi connectivity index (χ1) is 15.1. The molecule has 1 aliphatic carbocycles. The minimum Gasteiger partial charge on any atom is -0.493 e. The normalized spacial score (nSPS) is 15.5. The van der Waals surface area contributed by atoms with Gasteiger partial charge in [-0.25, -0.2) is 0 Å². The lowest BCUT2D eigenvalue weighted by atomic mass is 10.0. The van der Waals surface area contributed by atoms with E-state index in [2.05, 4.69) is 35.4 Å². The second-order valence-corrected chi connectivity index (χ2v) is 8.30. The molecule has 0 bridgehead atoms. The molecule has 164 valence electrons. The maximum atomic E-state index is 9.12. The van der Waals surface area contributed by atoms with Gasteiger partial charge in [-0.2, -0.15) is 4.98 Å². The van der Waals surface area contributed by atoms with E-state index in [9.17, 15) is 0 Å². The second kappa shape index (κ2) is 9.60. The molecular formula is C24H30N4O3. The molecule has 4 N–H and O–H groups in total. The third-order valence-electron chi connectivity index (χ3n) is 5.54. The van der Waals surface area contributed by atoms with Crippen molar-refractivity contribution in [2.75, 3.05) is 19.8 Å². The molecule has 0 saturated carbocycles. The number of nitrogens with one attached hydrogen (secondary N) is 1. The van der Waals surface area contributed by atoms with Crippen LogP contribution in [0.2, 0.25) is 0 Å². The molecule has 3 aromatic rings. The van der Waals surface area contributed by atoms with E-state index in [1.54, 1.807) is 0 Å². The molecule has 1 atom stereocenters. The van der Waals surface area contributed by atoms with Gasteiger partial charge in [0.1, 0.15) is 5.75 Å². The Morgan fingerprint density at radius 2 is 2.16 bits per heavy atom. The van der Waals surface area contributed by atoms with Crippen molar-refractivity contribution >= 4 is 0 Å². The van der Waals surface area contributed by atoms with E-state index in [0.717, 1.165) is 35.3 Å². The SMILES string of the molecule is CC(C)COc1ccc(-c2nc(-c3cccc4c3CCC4NCCO)no2)cc1CN. The van der Waals surface area contributed by atoms with Gasteiger partial charge in [0.05, 0.1) is 13.2 Å². The zero-order chi connectivity index (χ0) is 21.8. The smallest absolute Gasteiger partial charge is 0.258 e. The molecule has 1 heterocycles. The summed E-state index contributed by atoms with van der Waals surface area (Å²) in [6, 6.07) is 12.2. The zero-order valence-electron chi connectivity index (χ0n) is 18.1. The highest BCUT2D eigenvalue weighted by atomic mass is 16.5. The third-order valence-corrected chi connectivity index (χ3v) is 5.54. The maximum Gasteiger partial charge on any atom is 0.258 e. The summed E-state index contributed by atoms with van der Waals surface area (Å²) in [5.74, 6) is 2.28. The van der Waals surface area contributed by atoms with E-state index < -0.39 is 0 Å². The summed E-state index contributed by atoms with van der Waals surface area (Å²) in [4.78, 5) is 4.67.